The first-order valence-corrected chi connectivity index (χ1v) is 5.13. The van der Waals surface area contributed by atoms with Crippen LogP contribution in [0, 0.1) is 11.3 Å². The van der Waals surface area contributed by atoms with Crippen LogP contribution in [0.2, 0.25) is 10.2 Å². The molecule has 0 amide bonds. The summed E-state index contributed by atoms with van der Waals surface area (Å²) in [6, 6.07) is 8.66. The minimum atomic E-state index is 0.350. The first-order chi connectivity index (χ1) is 7.69. The van der Waals surface area contributed by atoms with Crippen molar-refractivity contribution in [1.29, 1.82) is 5.26 Å². The molecule has 2 aromatic rings. The van der Waals surface area contributed by atoms with E-state index in [0.29, 0.717) is 21.4 Å². The predicted molar refractivity (Wildman–Crippen MR) is 62.2 cm³/mol. The standard InChI is InChI=1S/C11H5Cl2N3/c12-9-2-7(5-14)1-8(3-9)10-4-11(13)16-6-15-10/h1-4,6H. The molecule has 0 bridgehead atoms. The van der Waals surface area contributed by atoms with Gasteiger partial charge >= 0.3 is 0 Å². The highest BCUT2D eigenvalue weighted by molar-refractivity contribution is 6.31. The van der Waals surface area contributed by atoms with E-state index in [0.717, 1.165) is 5.56 Å². The summed E-state index contributed by atoms with van der Waals surface area (Å²) in [4.78, 5) is 7.85. The Morgan fingerprint density at radius 2 is 1.88 bits per heavy atom. The highest BCUT2D eigenvalue weighted by atomic mass is 35.5. The molecule has 1 aromatic carbocycles. The normalized spacial score (nSPS) is 9.81. The highest BCUT2D eigenvalue weighted by Crippen LogP contribution is 2.24. The van der Waals surface area contributed by atoms with E-state index in [-0.39, 0.29) is 0 Å². The van der Waals surface area contributed by atoms with E-state index in [1.165, 1.54) is 6.33 Å². The molecule has 16 heavy (non-hydrogen) atoms. The van der Waals surface area contributed by atoms with Crippen LogP contribution in [-0.2, 0) is 0 Å². The Morgan fingerprint density at radius 1 is 1.06 bits per heavy atom. The summed E-state index contributed by atoms with van der Waals surface area (Å²) in [7, 11) is 0. The summed E-state index contributed by atoms with van der Waals surface area (Å²) in [5.74, 6) is 0. The van der Waals surface area contributed by atoms with Crippen LogP contribution >= 0.6 is 23.2 Å². The molecule has 5 heteroatoms. The molecule has 0 unspecified atom stereocenters. The summed E-state index contributed by atoms with van der Waals surface area (Å²) in [5, 5.41) is 9.66. The van der Waals surface area contributed by atoms with Gasteiger partial charge in [-0.05, 0) is 18.2 Å². The highest BCUT2D eigenvalue weighted by Gasteiger charge is 2.04. The second-order valence-electron chi connectivity index (χ2n) is 3.07. The molecule has 0 aliphatic heterocycles. The average molecular weight is 250 g/mol. The molecule has 0 aliphatic rings. The van der Waals surface area contributed by atoms with Crippen LogP contribution in [0.25, 0.3) is 11.3 Å². The Bertz CT molecular complexity index is 576. The molecular formula is C11H5Cl2N3. The topological polar surface area (TPSA) is 49.6 Å². The number of hydrogen-bond acceptors (Lipinski definition) is 3. The maximum atomic E-state index is 8.82. The maximum absolute atomic E-state index is 8.82. The van der Waals surface area contributed by atoms with E-state index in [4.69, 9.17) is 28.5 Å². The molecule has 0 radical (unpaired) electrons. The fraction of sp³-hybridized carbons (Fsp3) is 0. The van der Waals surface area contributed by atoms with Crippen molar-refractivity contribution in [2.75, 3.05) is 0 Å². The molecule has 0 fully saturated rings. The zero-order valence-corrected chi connectivity index (χ0v) is 9.50. The lowest BCUT2D eigenvalue weighted by atomic mass is 10.1. The third-order valence-corrected chi connectivity index (χ3v) is 2.38. The summed E-state index contributed by atoms with van der Waals surface area (Å²) in [6.07, 6.45) is 1.37. The van der Waals surface area contributed by atoms with E-state index in [1.54, 1.807) is 24.3 Å². The van der Waals surface area contributed by atoms with Crippen molar-refractivity contribution in [3.63, 3.8) is 0 Å². The van der Waals surface area contributed by atoms with E-state index in [1.807, 2.05) is 6.07 Å². The zero-order valence-electron chi connectivity index (χ0n) is 7.98. The Kier molecular flexibility index (Phi) is 3.04. The van der Waals surface area contributed by atoms with Crippen LogP contribution in [0.5, 0.6) is 0 Å². The Balaban J connectivity index is 2.56. The molecule has 0 N–H and O–H groups in total. The summed E-state index contributed by atoms with van der Waals surface area (Å²) in [5.41, 5.74) is 1.87. The van der Waals surface area contributed by atoms with Crippen molar-refractivity contribution >= 4 is 23.2 Å². The predicted octanol–water partition coefficient (Wildman–Crippen LogP) is 3.32. The van der Waals surface area contributed by atoms with Crippen molar-refractivity contribution < 1.29 is 0 Å². The van der Waals surface area contributed by atoms with Gasteiger partial charge < -0.3 is 0 Å². The molecule has 0 atom stereocenters. The number of rotatable bonds is 1. The SMILES string of the molecule is N#Cc1cc(Cl)cc(-c2cc(Cl)ncn2)c1. The Morgan fingerprint density at radius 3 is 2.56 bits per heavy atom. The van der Waals surface area contributed by atoms with Crippen LogP contribution in [0.1, 0.15) is 5.56 Å². The van der Waals surface area contributed by atoms with Gasteiger partial charge in [0.2, 0.25) is 0 Å². The lowest BCUT2D eigenvalue weighted by Gasteiger charge is -2.02. The van der Waals surface area contributed by atoms with Crippen molar-refractivity contribution in [2.45, 2.75) is 0 Å². The summed E-state index contributed by atoms with van der Waals surface area (Å²) in [6.45, 7) is 0. The zero-order chi connectivity index (χ0) is 11.5. The first kappa shape index (κ1) is 10.9. The number of halogens is 2. The van der Waals surface area contributed by atoms with Gasteiger partial charge in [-0.2, -0.15) is 5.26 Å². The van der Waals surface area contributed by atoms with Crippen LogP contribution < -0.4 is 0 Å². The van der Waals surface area contributed by atoms with Crippen LogP contribution in [0.15, 0.2) is 30.6 Å². The first-order valence-electron chi connectivity index (χ1n) is 4.37. The number of nitrogens with zero attached hydrogens (tertiary/aromatic N) is 3. The third-order valence-electron chi connectivity index (χ3n) is 1.96. The van der Waals surface area contributed by atoms with Crippen molar-refractivity contribution in [3.8, 4) is 17.3 Å². The molecule has 3 nitrogen and oxygen atoms in total. The van der Waals surface area contributed by atoms with E-state index in [2.05, 4.69) is 9.97 Å². The smallest absolute Gasteiger partial charge is 0.133 e. The lowest BCUT2D eigenvalue weighted by molar-refractivity contribution is 1.17. The number of benzene rings is 1. The molecule has 1 aromatic heterocycles. The van der Waals surface area contributed by atoms with Gasteiger partial charge in [-0.3, -0.25) is 0 Å². The van der Waals surface area contributed by atoms with Gasteiger partial charge in [0.1, 0.15) is 11.5 Å². The molecule has 0 saturated carbocycles. The average Bonchev–Trinajstić information content (AvgIpc) is 2.28. The second-order valence-corrected chi connectivity index (χ2v) is 3.89. The van der Waals surface area contributed by atoms with Gasteiger partial charge in [0, 0.05) is 16.7 Å². The van der Waals surface area contributed by atoms with Gasteiger partial charge in [-0.15, -0.1) is 0 Å². The Labute approximate surface area is 102 Å². The second kappa shape index (κ2) is 4.48. The van der Waals surface area contributed by atoms with Gasteiger partial charge in [0.15, 0.2) is 0 Å². The van der Waals surface area contributed by atoms with Crippen molar-refractivity contribution in [3.05, 3.63) is 46.3 Å². The summed E-state index contributed by atoms with van der Waals surface area (Å²) >= 11 is 11.7. The fourth-order valence-corrected chi connectivity index (χ4v) is 1.68. The number of nitriles is 1. The van der Waals surface area contributed by atoms with Crippen molar-refractivity contribution in [2.24, 2.45) is 0 Å². The molecular weight excluding hydrogens is 245 g/mol. The Hall–Kier alpha value is -1.63. The maximum Gasteiger partial charge on any atom is 0.133 e. The van der Waals surface area contributed by atoms with Crippen molar-refractivity contribution in [1.82, 2.24) is 9.97 Å². The number of hydrogen-bond donors (Lipinski definition) is 0. The minimum absolute atomic E-state index is 0.350. The number of aromatic nitrogens is 2. The van der Waals surface area contributed by atoms with Gasteiger partial charge in [-0.25, -0.2) is 9.97 Å². The molecule has 2 rings (SSSR count). The summed E-state index contributed by atoms with van der Waals surface area (Å²) < 4.78 is 0. The quantitative estimate of drug-likeness (QED) is 0.729. The van der Waals surface area contributed by atoms with Crippen LogP contribution in [0.4, 0.5) is 0 Å². The largest absolute Gasteiger partial charge is 0.236 e. The van der Waals surface area contributed by atoms with Gasteiger partial charge in [0.05, 0.1) is 17.3 Å². The van der Waals surface area contributed by atoms with E-state index < -0.39 is 0 Å². The monoisotopic (exact) mass is 249 g/mol. The minimum Gasteiger partial charge on any atom is -0.236 e. The van der Waals surface area contributed by atoms with Gasteiger partial charge in [0.25, 0.3) is 0 Å². The fourth-order valence-electron chi connectivity index (χ4n) is 1.29. The lowest BCUT2D eigenvalue weighted by Crippen LogP contribution is -1.87. The van der Waals surface area contributed by atoms with Crippen LogP contribution in [-0.4, -0.2) is 9.97 Å². The third kappa shape index (κ3) is 2.30. The molecule has 78 valence electrons. The molecule has 0 aliphatic carbocycles. The van der Waals surface area contributed by atoms with E-state index >= 15 is 0 Å². The molecule has 0 spiro atoms. The van der Waals surface area contributed by atoms with Gasteiger partial charge in [-0.1, -0.05) is 23.2 Å². The van der Waals surface area contributed by atoms with Crippen LogP contribution in [0.3, 0.4) is 0 Å². The molecule has 0 saturated heterocycles. The van der Waals surface area contributed by atoms with E-state index in [9.17, 15) is 0 Å². The molecule has 1 heterocycles.